The summed E-state index contributed by atoms with van der Waals surface area (Å²) in [6, 6.07) is 9.42. The molecule has 0 aliphatic carbocycles. The summed E-state index contributed by atoms with van der Waals surface area (Å²) in [5.74, 6) is -1.80. The van der Waals surface area contributed by atoms with Gasteiger partial charge < -0.3 is 4.90 Å². The van der Waals surface area contributed by atoms with E-state index in [1.807, 2.05) is 0 Å². The average Bonchev–Trinajstić information content (AvgIpc) is 3.04. The number of anilines is 1. The number of carbonyl (C=O) groups excluding carboxylic acids is 2. The Labute approximate surface area is 153 Å². The summed E-state index contributed by atoms with van der Waals surface area (Å²) in [7, 11) is 0. The average molecular weight is 380 g/mol. The van der Waals surface area contributed by atoms with Crippen LogP contribution in [0.2, 0.25) is 0 Å². The van der Waals surface area contributed by atoms with E-state index < -0.39 is 23.5 Å². The standard InChI is InChI=1S/C19H16F4N2O2/c20-16-8-2-1-7-15(16)18(27)25(12-24-10-4-9-17(24)26)14-6-3-5-13(11-14)19(21,22)23/h1-3,5-8,11H,4,9-10,12H2. The van der Waals surface area contributed by atoms with Gasteiger partial charge in [0.2, 0.25) is 5.91 Å². The van der Waals surface area contributed by atoms with Crippen LogP contribution in [0.4, 0.5) is 23.2 Å². The molecule has 0 aromatic heterocycles. The first-order chi connectivity index (χ1) is 12.8. The van der Waals surface area contributed by atoms with E-state index in [9.17, 15) is 27.2 Å². The number of halogens is 4. The number of hydrogen-bond donors (Lipinski definition) is 0. The fraction of sp³-hybridized carbons (Fsp3) is 0.263. The molecule has 1 saturated heterocycles. The molecule has 27 heavy (non-hydrogen) atoms. The lowest BCUT2D eigenvalue weighted by Crippen LogP contribution is -2.42. The van der Waals surface area contributed by atoms with Gasteiger partial charge in [0, 0.05) is 18.7 Å². The van der Waals surface area contributed by atoms with Crippen LogP contribution >= 0.6 is 0 Å². The predicted octanol–water partition coefficient (Wildman–Crippen LogP) is 4.07. The molecule has 3 rings (SSSR count). The zero-order valence-electron chi connectivity index (χ0n) is 14.2. The minimum atomic E-state index is -4.59. The number of rotatable bonds is 4. The molecule has 142 valence electrons. The molecule has 0 spiro atoms. The minimum absolute atomic E-state index is 0.0576. The van der Waals surface area contributed by atoms with Crippen LogP contribution in [-0.4, -0.2) is 29.9 Å². The molecule has 2 amide bonds. The van der Waals surface area contributed by atoms with Crippen molar-refractivity contribution in [3.8, 4) is 0 Å². The van der Waals surface area contributed by atoms with E-state index >= 15 is 0 Å². The van der Waals surface area contributed by atoms with Crippen LogP contribution in [0.1, 0.15) is 28.8 Å². The lowest BCUT2D eigenvalue weighted by molar-refractivity contribution is -0.137. The second-order valence-electron chi connectivity index (χ2n) is 6.16. The Balaban J connectivity index is 2.01. The normalized spacial score (nSPS) is 14.5. The van der Waals surface area contributed by atoms with Crippen molar-refractivity contribution in [2.75, 3.05) is 18.1 Å². The van der Waals surface area contributed by atoms with Crippen LogP contribution in [0.3, 0.4) is 0 Å². The van der Waals surface area contributed by atoms with E-state index in [2.05, 4.69) is 0 Å². The van der Waals surface area contributed by atoms with Gasteiger partial charge in [0.1, 0.15) is 12.5 Å². The smallest absolute Gasteiger partial charge is 0.324 e. The molecule has 0 N–H and O–H groups in total. The summed E-state index contributed by atoms with van der Waals surface area (Å²) < 4.78 is 53.2. The molecule has 0 unspecified atom stereocenters. The number of amides is 2. The molecule has 2 aromatic carbocycles. The number of nitrogens with zero attached hydrogens (tertiary/aromatic N) is 2. The van der Waals surface area contributed by atoms with Crippen molar-refractivity contribution in [1.82, 2.24) is 4.90 Å². The molecule has 1 heterocycles. The molecule has 0 atom stereocenters. The van der Waals surface area contributed by atoms with Crippen LogP contribution in [-0.2, 0) is 11.0 Å². The summed E-state index contributed by atoms with van der Waals surface area (Å²) >= 11 is 0. The highest BCUT2D eigenvalue weighted by Gasteiger charge is 2.32. The van der Waals surface area contributed by atoms with Crippen LogP contribution in [0, 0.1) is 5.82 Å². The molecule has 0 saturated carbocycles. The summed E-state index contributed by atoms with van der Waals surface area (Å²) in [4.78, 5) is 27.2. The van der Waals surface area contributed by atoms with Gasteiger partial charge in [0.05, 0.1) is 11.1 Å². The van der Waals surface area contributed by atoms with E-state index in [4.69, 9.17) is 0 Å². The first-order valence-corrected chi connectivity index (χ1v) is 8.29. The van der Waals surface area contributed by atoms with E-state index in [1.54, 1.807) is 0 Å². The lowest BCUT2D eigenvalue weighted by atomic mass is 10.1. The molecular weight excluding hydrogens is 364 g/mol. The van der Waals surface area contributed by atoms with Gasteiger partial charge in [-0.2, -0.15) is 13.2 Å². The Hall–Kier alpha value is -2.90. The summed E-state index contributed by atoms with van der Waals surface area (Å²) in [6.07, 6.45) is -3.68. The summed E-state index contributed by atoms with van der Waals surface area (Å²) in [6.45, 7) is 0.145. The zero-order chi connectivity index (χ0) is 19.6. The highest BCUT2D eigenvalue weighted by molar-refractivity contribution is 6.06. The topological polar surface area (TPSA) is 40.6 Å². The second kappa shape index (κ2) is 7.38. The monoisotopic (exact) mass is 380 g/mol. The van der Waals surface area contributed by atoms with E-state index in [0.717, 1.165) is 23.1 Å². The molecule has 0 radical (unpaired) electrons. The van der Waals surface area contributed by atoms with Crippen LogP contribution in [0.25, 0.3) is 0 Å². The largest absolute Gasteiger partial charge is 0.416 e. The maximum absolute atomic E-state index is 14.1. The van der Waals surface area contributed by atoms with Crippen molar-refractivity contribution >= 4 is 17.5 Å². The van der Waals surface area contributed by atoms with Crippen molar-refractivity contribution in [3.63, 3.8) is 0 Å². The number of carbonyl (C=O) groups is 2. The van der Waals surface area contributed by atoms with Crippen molar-refractivity contribution in [2.45, 2.75) is 19.0 Å². The van der Waals surface area contributed by atoms with Gasteiger partial charge in [-0.05, 0) is 36.8 Å². The molecule has 1 fully saturated rings. The van der Waals surface area contributed by atoms with Gasteiger partial charge >= 0.3 is 6.18 Å². The number of benzene rings is 2. The third kappa shape index (κ3) is 4.10. The first-order valence-electron chi connectivity index (χ1n) is 8.29. The fourth-order valence-corrected chi connectivity index (χ4v) is 2.92. The highest BCUT2D eigenvalue weighted by atomic mass is 19.4. The molecule has 1 aliphatic rings. The molecule has 0 bridgehead atoms. The molecule has 8 heteroatoms. The maximum atomic E-state index is 14.1. The Morgan fingerprint density at radius 1 is 1.11 bits per heavy atom. The third-order valence-corrected chi connectivity index (χ3v) is 4.32. The van der Waals surface area contributed by atoms with E-state index in [0.29, 0.717) is 19.4 Å². The second-order valence-corrected chi connectivity index (χ2v) is 6.16. The van der Waals surface area contributed by atoms with Crippen molar-refractivity contribution in [3.05, 3.63) is 65.5 Å². The van der Waals surface area contributed by atoms with Gasteiger partial charge in [-0.1, -0.05) is 18.2 Å². The molecule has 4 nitrogen and oxygen atoms in total. The van der Waals surface area contributed by atoms with E-state index in [-0.39, 0.29) is 23.8 Å². The van der Waals surface area contributed by atoms with Crippen molar-refractivity contribution in [2.24, 2.45) is 0 Å². The van der Waals surface area contributed by atoms with Gasteiger partial charge in [-0.25, -0.2) is 4.39 Å². The van der Waals surface area contributed by atoms with Crippen molar-refractivity contribution in [1.29, 1.82) is 0 Å². The van der Waals surface area contributed by atoms with Gasteiger partial charge in [-0.15, -0.1) is 0 Å². The predicted molar refractivity (Wildman–Crippen MR) is 90.5 cm³/mol. The number of likely N-dealkylation sites (tertiary alicyclic amines) is 1. The summed E-state index contributed by atoms with van der Waals surface area (Å²) in [5, 5.41) is 0. The zero-order valence-corrected chi connectivity index (χ0v) is 14.2. The molecular formula is C19H16F4N2O2. The SMILES string of the molecule is O=C1CCCN1CN(C(=O)c1ccccc1F)c1cccc(C(F)(F)F)c1. The van der Waals surface area contributed by atoms with Gasteiger partial charge in [-0.3, -0.25) is 14.5 Å². The minimum Gasteiger partial charge on any atom is -0.324 e. The molecule has 2 aromatic rings. The fourth-order valence-electron chi connectivity index (χ4n) is 2.92. The third-order valence-electron chi connectivity index (χ3n) is 4.32. The van der Waals surface area contributed by atoms with E-state index in [1.165, 1.54) is 35.2 Å². The van der Waals surface area contributed by atoms with Crippen LogP contribution in [0.5, 0.6) is 0 Å². The first kappa shape index (κ1) is 18.9. The highest BCUT2D eigenvalue weighted by Crippen LogP contribution is 2.32. The Bertz CT molecular complexity index is 867. The number of hydrogen-bond acceptors (Lipinski definition) is 2. The Morgan fingerprint density at radius 3 is 2.48 bits per heavy atom. The maximum Gasteiger partial charge on any atom is 0.416 e. The Morgan fingerprint density at radius 2 is 1.85 bits per heavy atom. The van der Waals surface area contributed by atoms with Crippen LogP contribution in [0.15, 0.2) is 48.5 Å². The van der Waals surface area contributed by atoms with Gasteiger partial charge in [0.15, 0.2) is 0 Å². The lowest BCUT2D eigenvalue weighted by Gasteiger charge is -2.28. The summed E-state index contributed by atoms with van der Waals surface area (Å²) in [5.41, 5.74) is -1.27. The van der Waals surface area contributed by atoms with Crippen molar-refractivity contribution < 1.29 is 27.2 Å². The number of alkyl halides is 3. The quantitative estimate of drug-likeness (QED) is 0.751. The van der Waals surface area contributed by atoms with Crippen LogP contribution < -0.4 is 4.90 Å². The Kier molecular flexibility index (Phi) is 5.16. The van der Waals surface area contributed by atoms with Gasteiger partial charge in [0.25, 0.3) is 5.91 Å². The molecule has 1 aliphatic heterocycles.